The second-order valence-corrected chi connectivity index (χ2v) is 12.6. The van der Waals surface area contributed by atoms with E-state index in [0.29, 0.717) is 55.9 Å². The molecule has 0 radical (unpaired) electrons. The Morgan fingerprint density at radius 1 is 1.05 bits per heavy atom. The molecular formula is C30H43FN8O3. The molecule has 12 heteroatoms. The minimum atomic E-state index is -0.970. The van der Waals surface area contributed by atoms with Crippen LogP contribution < -0.4 is 22.5 Å². The van der Waals surface area contributed by atoms with Crippen molar-refractivity contribution in [3.05, 3.63) is 52.3 Å². The number of nitrogens with two attached hydrogens (primary N) is 2. The Labute approximate surface area is 246 Å². The molecule has 0 spiro atoms. The predicted octanol–water partition coefficient (Wildman–Crippen LogP) is 2.27. The van der Waals surface area contributed by atoms with E-state index >= 15 is 4.39 Å². The Kier molecular flexibility index (Phi) is 8.95. The van der Waals surface area contributed by atoms with Crippen LogP contribution >= 0.6 is 0 Å². The molecule has 2 heterocycles. The van der Waals surface area contributed by atoms with E-state index in [-0.39, 0.29) is 23.6 Å². The van der Waals surface area contributed by atoms with Crippen molar-refractivity contribution in [1.82, 2.24) is 24.3 Å². The molecular weight excluding hydrogens is 539 g/mol. The third-order valence-corrected chi connectivity index (χ3v) is 8.58. The molecule has 3 fully saturated rings. The van der Waals surface area contributed by atoms with Crippen molar-refractivity contribution in [1.29, 1.82) is 0 Å². The van der Waals surface area contributed by atoms with E-state index in [2.05, 4.69) is 15.2 Å². The summed E-state index contributed by atoms with van der Waals surface area (Å²) in [6.07, 6.45) is 8.04. The number of nitrogens with one attached hydrogen (secondary N) is 1. The SMILES string of the molecule is CC(C)(N)C(=O)N1CCN(C(=O)Nc2ccn(-c3ccc(CN(CC4CC4)[C@H]4CC[C@H](N)CC4)c(F)c3)c(=O)n2)CC1. The fraction of sp³-hybridized carbons (Fsp3) is 0.600. The molecule has 5 N–H and O–H groups in total. The number of urea groups is 1. The second kappa shape index (κ2) is 12.5. The van der Waals surface area contributed by atoms with Gasteiger partial charge in [0, 0.05) is 63.1 Å². The molecule has 1 aromatic heterocycles. The molecule has 11 nitrogen and oxygen atoms in total. The van der Waals surface area contributed by atoms with Gasteiger partial charge in [-0.3, -0.25) is 19.6 Å². The van der Waals surface area contributed by atoms with Gasteiger partial charge in [0.1, 0.15) is 11.6 Å². The fourth-order valence-electron chi connectivity index (χ4n) is 5.85. The zero-order valence-corrected chi connectivity index (χ0v) is 24.6. The first-order valence-electron chi connectivity index (χ1n) is 15.0. The van der Waals surface area contributed by atoms with Gasteiger partial charge in [-0.15, -0.1) is 0 Å². The highest BCUT2D eigenvalue weighted by atomic mass is 19.1. The maximum atomic E-state index is 15.3. The molecule has 1 aliphatic heterocycles. The van der Waals surface area contributed by atoms with Crippen LogP contribution in [0.1, 0.15) is 57.9 Å². The maximum Gasteiger partial charge on any atom is 0.354 e. The van der Waals surface area contributed by atoms with Crippen LogP contribution in [0.5, 0.6) is 0 Å². The number of nitrogens with zero attached hydrogens (tertiary/aromatic N) is 5. The number of benzene rings is 1. The van der Waals surface area contributed by atoms with Gasteiger partial charge in [0.2, 0.25) is 5.91 Å². The Hall–Kier alpha value is -3.35. The largest absolute Gasteiger partial charge is 0.354 e. The van der Waals surface area contributed by atoms with Gasteiger partial charge in [0.05, 0.1) is 11.2 Å². The summed E-state index contributed by atoms with van der Waals surface area (Å²) in [5.41, 5.74) is 11.4. The van der Waals surface area contributed by atoms with Gasteiger partial charge in [0.25, 0.3) is 0 Å². The number of hydrogen-bond donors (Lipinski definition) is 3. The third-order valence-electron chi connectivity index (χ3n) is 8.58. The summed E-state index contributed by atoms with van der Waals surface area (Å²) in [6, 6.07) is 6.63. The molecule has 2 aliphatic carbocycles. The number of piperazine rings is 1. The van der Waals surface area contributed by atoms with Crippen molar-refractivity contribution in [2.75, 3.05) is 38.0 Å². The van der Waals surface area contributed by atoms with Gasteiger partial charge in [-0.05, 0) is 76.5 Å². The summed E-state index contributed by atoms with van der Waals surface area (Å²) in [5.74, 6) is 0.273. The Morgan fingerprint density at radius 2 is 1.71 bits per heavy atom. The molecule has 3 aliphatic rings. The second-order valence-electron chi connectivity index (χ2n) is 12.6. The molecule has 2 aromatic rings. The quantitative estimate of drug-likeness (QED) is 0.433. The zero-order chi connectivity index (χ0) is 30.0. The van der Waals surface area contributed by atoms with Crippen molar-refractivity contribution in [2.24, 2.45) is 17.4 Å². The van der Waals surface area contributed by atoms with Gasteiger partial charge in [-0.25, -0.2) is 14.0 Å². The maximum absolute atomic E-state index is 15.3. The molecule has 5 rings (SSSR count). The topological polar surface area (TPSA) is 143 Å². The molecule has 1 aromatic carbocycles. The van der Waals surface area contributed by atoms with E-state index in [1.165, 1.54) is 35.7 Å². The summed E-state index contributed by atoms with van der Waals surface area (Å²) in [4.78, 5) is 47.6. The number of carbonyl (C=O) groups excluding carboxylic acids is 2. The minimum Gasteiger partial charge on any atom is -0.338 e. The first kappa shape index (κ1) is 30.1. The van der Waals surface area contributed by atoms with E-state index in [9.17, 15) is 14.4 Å². The fourth-order valence-corrected chi connectivity index (χ4v) is 5.85. The first-order chi connectivity index (χ1) is 20.0. The van der Waals surface area contributed by atoms with Crippen LogP contribution in [0.4, 0.5) is 15.0 Å². The number of aromatic nitrogens is 2. The number of amides is 3. The Morgan fingerprint density at radius 3 is 2.31 bits per heavy atom. The van der Waals surface area contributed by atoms with Crippen LogP contribution in [0, 0.1) is 11.7 Å². The van der Waals surface area contributed by atoms with Crippen LogP contribution in [0.25, 0.3) is 5.69 Å². The van der Waals surface area contributed by atoms with E-state index in [4.69, 9.17) is 11.5 Å². The molecule has 2 saturated carbocycles. The van der Waals surface area contributed by atoms with Crippen LogP contribution in [0.15, 0.2) is 35.3 Å². The molecule has 3 amide bonds. The average molecular weight is 583 g/mol. The van der Waals surface area contributed by atoms with Gasteiger partial charge in [-0.1, -0.05) is 6.07 Å². The number of hydrogen-bond acceptors (Lipinski definition) is 7. The monoisotopic (exact) mass is 582 g/mol. The first-order valence-corrected chi connectivity index (χ1v) is 15.0. The van der Waals surface area contributed by atoms with Crippen molar-refractivity contribution in [3.63, 3.8) is 0 Å². The van der Waals surface area contributed by atoms with Crippen molar-refractivity contribution >= 4 is 17.8 Å². The van der Waals surface area contributed by atoms with Gasteiger partial charge < -0.3 is 21.3 Å². The molecule has 1 saturated heterocycles. The highest BCUT2D eigenvalue weighted by Gasteiger charge is 2.32. The summed E-state index contributed by atoms with van der Waals surface area (Å²) < 4.78 is 16.6. The van der Waals surface area contributed by atoms with Crippen molar-refractivity contribution < 1.29 is 14.0 Å². The van der Waals surface area contributed by atoms with Gasteiger partial charge >= 0.3 is 11.7 Å². The average Bonchev–Trinajstić information content (AvgIpc) is 3.77. The van der Waals surface area contributed by atoms with Crippen LogP contribution in [0.3, 0.4) is 0 Å². The van der Waals surface area contributed by atoms with E-state index in [1.807, 2.05) is 0 Å². The standard InChI is InChI=1S/C30H43FN8O3/c1-30(2,33)27(40)36-13-15-37(16-14-36)28(41)34-26-11-12-39(29(42)35-26)24-8-5-21(25(31)17-24)19-38(18-20-3-4-20)23-9-6-22(32)7-10-23/h5,8,11-12,17,20,22-23H,3-4,6-7,9-10,13-16,18-19,32-33H2,1-2H3,(H,34,35,41,42)/t22-,23-. The van der Waals surface area contributed by atoms with Crippen molar-refractivity contribution in [3.8, 4) is 5.69 Å². The van der Waals surface area contributed by atoms with Crippen LogP contribution in [0.2, 0.25) is 0 Å². The molecule has 0 unspecified atom stereocenters. The lowest BCUT2D eigenvalue weighted by atomic mass is 9.90. The van der Waals surface area contributed by atoms with Gasteiger partial charge in [-0.2, -0.15) is 4.98 Å². The number of halogens is 1. The lowest BCUT2D eigenvalue weighted by Gasteiger charge is -2.37. The number of rotatable bonds is 8. The Balaban J connectivity index is 1.20. The lowest BCUT2D eigenvalue weighted by molar-refractivity contribution is -0.137. The molecule has 42 heavy (non-hydrogen) atoms. The lowest BCUT2D eigenvalue weighted by Crippen LogP contribution is -2.58. The predicted molar refractivity (Wildman–Crippen MR) is 159 cm³/mol. The summed E-state index contributed by atoms with van der Waals surface area (Å²) in [6.45, 7) is 6.25. The summed E-state index contributed by atoms with van der Waals surface area (Å²) in [5, 5.41) is 2.65. The van der Waals surface area contributed by atoms with Crippen molar-refractivity contribution in [2.45, 2.75) is 76.5 Å². The normalized spacial score (nSPS) is 21.5. The highest BCUT2D eigenvalue weighted by Crippen LogP contribution is 2.33. The van der Waals surface area contributed by atoms with E-state index < -0.39 is 17.3 Å². The smallest absolute Gasteiger partial charge is 0.338 e. The zero-order valence-electron chi connectivity index (χ0n) is 24.6. The summed E-state index contributed by atoms with van der Waals surface area (Å²) in [7, 11) is 0. The molecule has 0 bridgehead atoms. The van der Waals surface area contributed by atoms with Crippen LogP contribution in [-0.4, -0.2) is 86.5 Å². The highest BCUT2D eigenvalue weighted by molar-refractivity contribution is 5.89. The minimum absolute atomic E-state index is 0.0999. The van der Waals surface area contributed by atoms with Gasteiger partial charge in [0.15, 0.2) is 0 Å². The summed E-state index contributed by atoms with van der Waals surface area (Å²) >= 11 is 0. The molecule has 0 atom stereocenters. The van der Waals surface area contributed by atoms with Crippen LogP contribution in [-0.2, 0) is 11.3 Å². The molecule has 228 valence electrons. The Bertz CT molecular complexity index is 1340. The number of anilines is 1. The van der Waals surface area contributed by atoms with E-state index in [1.54, 1.807) is 35.8 Å². The van der Waals surface area contributed by atoms with E-state index in [0.717, 1.165) is 32.2 Å². The third kappa shape index (κ3) is 7.34. The number of carbonyl (C=O) groups is 2.